The van der Waals surface area contributed by atoms with E-state index in [0.717, 1.165) is 0 Å². The molecule has 0 radical (unpaired) electrons. The zero-order chi connectivity index (χ0) is 13.7. The Hall–Kier alpha value is -1.10. The van der Waals surface area contributed by atoms with E-state index in [1.54, 1.807) is 27.7 Å². The van der Waals surface area contributed by atoms with Gasteiger partial charge in [0.1, 0.15) is 12.2 Å². The molecule has 0 saturated heterocycles. The molecular formula is C12H22O5. The van der Waals surface area contributed by atoms with Crippen LogP contribution in [-0.4, -0.2) is 36.4 Å². The van der Waals surface area contributed by atoms with Gasteiger partial charge in [-0.25, -0.2) is 0 Å². The van der Waals surface area contributed by atoms with E-state index in [0.29, 0.717) is 0 Å². The van der Waals surface area contributed by atoms with Crippen molar-refractivity contribution < 1.29 is 23.8 Å². The molecule has 0 aliphatic carbocycles. The minimum Gasteiger partial charge on any atom is -0.463 e. The van der Waals surface area contributed by atoms with Gasteiger partial charge in [-0.2, -0.15) is 0 Å². The van der Waals surface area contributed by atoms with Gasteiger partial charge in [0.05, 0.1) is 12.2 Å². The molecule has 0 atom stereocenters. The molecule has 0 amide bonds. The summed E-state index contributed by atoms with van der Waals surface area (Å²) >= 11 is 0. The molecule has 0 spiro atoms. The molecule has 100 valence electrons. The SMILES string of the molecule is CC(=O)OCC(C)(C)OCC(C)(C)OC(C)=O. The molecule has 0 bridgehead atoms. The lowest BCUT2D eigenvalue weighted by molar-refractivity contribution is -0.172. The molecule has 0 rings (SSSR count). The van der Waals surface area contributed by atoms with Gasteiger partial charge >= 0.3 is 11.9 Å². The molecule has 5 heteroatoms. The van der Waals surface area contributed by atoms with Crippen LogP contribution in [0.2, 0.25) is 0 Å². The third-order valence-corrected chi connectivity index (χ3v) is 1.85. The van der Waals surface area contributed by atoms with Crippen LogP contribution in [0.25, 0.3) is 0 Å². The lowest BCUT2D eigenvalue weighted by Crippen LogP contribution is -2.40. The highest BCUT2D eigenvalue weighted by molar-refractivity contribution is 5.66. The fourth-order valence-corrected chi connectivity index (χ4v) is 1.10. The zero-order valence-electron chi connectivity index (χ0n) is 11.5. The number of ether oxygens (including phenoxy) is 3. The number of hydrogen-bond donors (Lipinski definition) is 0. The van der Waals surface area contributed by atoms with E-state index in [4.69, 9.17) is 14.2 Å². The van der Waals surface area contributed by atoms with Gasteiger partial charge in [0, 0.05) is 13.8 Å². The largest absolute Gasteiger partial charge is 0.463 e. The number of carbonyl (C=O) groups excluding carboxylic acids is 2. The Balaban J connectivity index is 4.15. The van der Waals surface area contributed by atoms with Crippen LogP contribution in [0.1, 0.15) is 41.5 Å². The molecule has 0 aliphatic rings. The summed E-state index contributed by atoms with van der Waals surface area (Å²) in [4.78, 5) is 21.5. The van der Waals surface area contributed by atoms with E-state index >= 15 is 0 Å². The minimum absolute atomic E-state index is 0.165. The van der Waals surface area contributed by atoms with E-state index in [1.807, 2.05) is 0 Å². The first-order chi connectivity index (χ1) is 7.54. The smallest absolute Gasteiger partial charge is 0.303 e. The van der Waals surface area contributed by atoms with Crippen LogP contribution < -0.4 is 0 Å². The Kier molecular flexibility index (Phi) is 5.61. The first kappa shape index (κ1) is 15.9. The van der Waals surface area contributed by atoms with Crippen molar-refractivity contribution in [2.45, 2.75) is 52.7 Å². The third-order valence-electron chi connectivity index (χ3n) is 1.85. The van der Waals surface area contributed by atoms with Crippen molar-refractivity contribution >= 4 is 11.9 Å². The number of rotatable bonds is 6. The maximum absolute atomic E-state index is 10.9. The number of esters is 2. The molecule has 0 fully saturated rings. The van der Waals surface area contributed by atoms with E-state index in [9.17, 15) is 9.59 Å². The predicted octanol–water partition coefficient (Wildman–Crippen LogP) is 1.69. The Morgan fingerprint density at radius 2 is 1.41 bits per heavy atom. The highest BCUT2D eigenvalue weighted by atomic mass is 16.6. The first-order valence-electron chi connectivity index (χ1n) is 5.51. The minimum atomic E-state index is -0.695. The van der Waals surface area contributed by atoms with Gasteiger partial charge in [0.15, 0.2) is 0 Å². The van der Waals surface area contributed by atoms with Crippen molar-refractivity contribution in [2.24, 2.45) is 0 Å². The second-order valence-corrected chi connectivity index (χ2v) is 5.18. The molecule has 0 aromatic rings. The van der Waals surface area contributed by atoms with Crippen LogP contribution in [0.15, 0.2) is 0 Å². The van der Waals surface area contributed by atoms with Crippen molar-refractivity contribution in [3.63, 3.8) is 0 Å². The quantitative estimate of drug-likeness (QED) is 0.667. The van der Waals surface area contributed by atoms with Crippen molar-refractivity contribution in [3.05, 3.63) is 0 Å². The average Bonchev–Trinajstić information content (AvgIpc) is 2.10. The van der Waals surface area contributed by atoms with Crippen molar-refractivity contribution in [3.8, 4) is 0 Å². The summed E-state index contributed by atoms with van der Waals surface area (Å²) in [5.74, 6) is -0.697. The first-order valence-corrected chi connectivity index (χ1v) is 5.51. The standard InChI is InChI=1S/C12H22O5/c1-9(13)15-7-11(3,4)16-8-12(5,6)17-10(2)14/h7-8H2,1-6H3. The summed E-state index contributed by atoms with van der Waals surface area (Å²) in [6, 6.07) is 0. The molecule has 5 nitrogen and oxygen atoms in total. The highest BCUT2D eigenvalue weighted by Gasteiger charge is 2.27. The zero-order valence-corrected chi connectivity index (χ0v) is 11.5. The fraction of sp³-hybridized carbons (Fsp3) is 0.833. The molecule has 0 aliphatic heterocycles. The molecule has 0 saturated carbocycles. The molecule has 0 unspecified atom stereocenters. The van der Waals surface area contributed by atoms with Gasteiger partial charge in [-0.05, 0) is 27.7 Å². The summed E-state index contributed by atoms with van der Waals surface area (Å²) in [5.41, 5.74) is -1.30. The van der Waals surface area contributed by atoms with Crippen LogP contribution in [0.4, 0.5) is 0 Å². The van der Waals surface area contributed by atoms with Crippen LogP contribution in [-0.2, 0) is 23.8 Å². The molecule has 0 N–H and O–H groups in total. The molecule has 17 heavy (non-hydrogen) atoms. The van der Waals surface area contributed by atoms with Crippen LogP contribution >= 0.6 is 0 Å². The number of carbonyl (C=O) groups is 2. The lowest BCUT2D eigenvalue weighted by atomic mass is 10.1. The van der Waals surface area contributed by atoms with E-state index in [1.165, 1.54) is 13.8 Å². The second-order valence-electron chi connectivity index (χ2n) is 5.18. The third kappa shape index (κ3) is 8.68. The summed E-state index contributed by atoms with van der Waals surface area (Å²) in [7, 11) is 0. The number of hydrogen-bond acceptors (Lipinski definition) is 5. The lowest BCUT2D eigenvalue weighted by Gasteiger charge is -2.31. The topological polar surface area (TPSA) is 61.8 Å². The van der Waals surface area contributed by atoms with Gasteiger partial charge in [-0.15, -0.1) is 0 Å². The molecule has 0 aromatic heterocycles. The summed E-state index contributed by atoms with van der Waals surface area (Å²) in [5, 5.41) is 0. The summed E-state index contributed by atoms with van der Waals surface area (Å²) < 4.78 is 15.6. The van der Waals surface area contributed by atoms with E-state index < -0.39 is 11.2 Å². The second kappa shape index (κ2) is 6.00. The van der Waals surface area contributed by atoms with Gasteiger partial charge in [-0.1, -0.05) is 0 Å². The van der Waals surface area contributed by atoms with E-state index in [-0.39, 0.29) is 25.2 Å². The fourth-order valence-electron chi connectivity index (χ4n) is 1.10. The summed E-state index contributed by atoms with van der Waals surface area (Å²) in [6.07, 6.45) is 0. The van der Waals surface area contributed by atoms with Gasteiger partial charge in [0.25, 0.3) is 0 Å². The normalized spacial score (nSPS) is 12.1. The Labute approximate surface area is 102 Å². The highest BCUT2D eigenvalue weighted by Crippen LogP contribution is 2.16. The van der Waals surface area contributed by atoms with Gasteiger partial charge in [0.2, 0.25) is 0 Å². The van der Waals surface area contributed by atoms with Crippen LogP contribution in [0, 0.1) is 0 Å². The van der Waals surface area contributed by atoms with Crippen molar-refractivity contribution in [1.82, 2.24) is 0 Å². The Morgan fingerprint density at radius 3 is 1.82 bits per heavy atom. The summed E-state index contributed by atoms with van der Waals surface area (Å²) in [6.45, 7) is 10.2. The van der Waals surface area contributed by atoms with Gasteiger partial charge in [-0.3, -0.25) is 9.59 Å². The van der Waals surface area contributed by atoms with Crippen LogP contribution in [0.3, 0.4) is 0 Å². The van der Waals surface area contributed by atoms with Crippen molar-refractivity contribution in [2.75, 3.05) is 13.2 Å². The maximum Gasteiger partial charge on any atom is 0.303 e. The van der Waals surface area contributed by atoms with E-state index in [2.05, 4.69) is 0 Å². The van der Waals surface area contributed by atoms with Crippen LogP contribution in [0.5, 0.6) is 0 Å². The predicted molar refractivity (Wildman–Crippen MR) is 62.5 cm³/mol. The average molecular weight is 246 g/mol. The maximum atomic E-state index is 10.9. The molecule has 0 aromatic carbocycles. The Morgan fingerprint density at radius 1 is 0.882 bits per heavy atom. The van der Waals surface area contributed by atoms with Gasteiger partial charge < -0.3 is 14.2 Å². The monoisotopic (exact) mass is 246 g/mol. The molecule has 0 heterocycles. The Bertz CT molecular complexity index is 281. The molecular weight excluding hydrogens is 224 g/mol. The van der Waals surface area contributed by atoms with Crippen molar-refractivity contribution in [1.29, 1.82) is 0 Å².